The smallest absolute Gasteiger partial charge is 0.335 e. The summed E-state index contributed by atoms with van der Waals surface area (Å²) in [4.78, 5) is 25.6. The summed E-state index contributed by atoms with van der Waals surface area (Å²) >= 11 is 0. The molecule has 0 unspecified atom stereocenters. The number of aliphatic hydroxyl groups is 1. The van der Waals surface area contributed by atoms with Crippen LogP contribution >= 0.6 is 0 Å². The second kappa shape index (κ2) is 8.85. The van der Waals surface area contributed by atoms with Crippen LogP contribution in [-0.2, 0) is 17.6 Å². The first-order valence-electron chi connectivity index (χ1n) is 10.3. The second-order valence-electron chi connectivity index (χ2n) is 7.95. The van der Waals surface area contributed by atoms with Gasteiger partial charge in [0.2, 0.25) is 5.91 Å². The van der Waals surface area contributed by atoms with Crippen molar-refractivity contribution in [2.45, 2.75) is 37.9 Å². The molecule has 7 nitrogen and oxygen atoms in total. The van der Waals surface area contributed by atoms with Gasteiger partial charge in [-0.3, -0.25) is 9.69 Å². The third-order valence-electron chi connectivity index (χ3n) is 5.72. The zero-order valence-corrected chi connectivity index (χ0v) is 16.7. The average Bonchev–Trinajstić information content (AvgIpc) is 3.07. The molecule has 2 aromatic carbocycles. The Morgan fingerprint density at radius 3 is 2.73 bits per heavy atom. The van der Waals surface area contributed by atoms with Crippen LogP contribution in [0.25, 0.3) is 0 Å². The number of carbonyl (C=O) groups is 2. The maximum Gasteiger partial charge on any atom is 0.335 e. The number of benzene rings is 2. The fourth-order valence-corrected chi connectivity index (χ4v) is 4.25. The Bertz CT molecular complexity index is 945. The molecule has 0 bridgehead atoms. The number of aliphatic hydroxyl groups excluding tert-OH is 1. The van der Waals surface area contributed by atoms with Crippen LogP contribution < -0.4 is 10.1 Å². The maximum atomic E-state index is 12.6. The van der Waals surface area contributed by atoms with Crippen molar-refractivity contribution in [1.82, 2.24) is 4.90 Å². The zero-order valence-electron chi connectivity index (χ0n) is 16.7. The summed E-state index contributed by atoms with van der Waals surface area (Å²) in [7, 11) is 0. The van der Waals surface area contributed by atoms with Gasteiger partial charge in [0.25, 0.3) is 0 Å². The van der Waals surface area contributed by atoms with Crippen molar-refractivity contribution in [3.8, 4) is 5.75 Å². The zero-order chi connectivity index (χ0) is 21.1. The molecule has 2 aromatic rings. The van der Waals surface area contributed by atoms with Crippen LogP contribution in [0.5, 0.6) is 5.75 Å². The van der Waals surface area contributed by atoms with Crippen LogP contribution in [0.4, 0.5) is 5.69 Å². The Morgan fingerprint density at radius 2 is 1.90 bits per heavy atom. The number of ether oxygens (including phenoxy) is 1. The van der Waals surface area contributed by atoms with Crippen LogP contribution in [-0.4, -0.2) is 58.8 Å². The van der Waals surface area contributed by atoms with Crippen LogP contribution in [0.3, 0.4) is 0 Å². The van der Waals surface area contributed by atoms with Crippen molar-refractivity contribution < 1.29 is 24.5 Å². The number of amides is 1. The summed E-state index contributed by atoms with van der Waals surface area (Å²) < 4.78 is 5.80. The molecule has 0 aromatic heterocycles. The van der Waals surface area contributed by atoms with Gasteiger partial charge in [-0.15, -0.1) is 0 Å². The molecular weight excluding hydrogens is 384 g/mol. The molecule has 1 aliphatic heterocycles. The molecule has 1 fully saturated rings. The minimum absolute atomic E-state index is 0.116. The van der Waals surface area contributed by atoms with Crippen molar-refractivity contribution in [3.05, 3.63) is 59.2 Å². The van der Waals surface area contributed by atoms with Crippen molar-refractivity contribution in [1.29, 1.82) is 0 Å². The predicted molar refractivity (Wildman–Crippen MR) is 112 cm³/mol. The van der Waals surface area contributed by atoms with Crippen molar-refractivity contribution >= 4 is 17.6 Å². The van der Waals surface area contributed by atoms with Crippen LogP contribution in [0, 0.1) is 0 Å². The van der Waals surface area contributed by atoms with E-state index in [0.717, 1.165) is 24.9 Å². The standard InChI is InChI=1S/C23H26N2O5/c26-20-12-25(13-21(20)30-17-8-3-7-16(11-17)23(28)29)14-22(27)24-19-10-4-6-15-5-1-2-9-18(15)19/h3-4,6-8,10-11,20-21,26H,1-2,5,9,12-14H2,(H,24,27)(H,28,29)/t20-,21-/m1/s1. The lowest BCUT2D eigenvalue weighted by Gasteiger charge is -2.21. The molecule has 0 saturated carbocycles. The van der Waals surface area contributed by atoms with E-state index in [-0.39, 0.29) is 18.0 Å². The summed E-state index contributed by atoms with van der Waals surface area (Å²) in [5.41, 5.74) is 3.56. The first-order chi connectivity index (χ1) is 14.5. The molecule has 158 valence electrons. The number of likely N-dealkylation sites (tertiary alicyclic amines) is 1. The number of carbonyl (C=O) groups excluding carboxylic acids is 1. The highest BCUT2D eigenvalue weighted by atomic mass is 16.5. The molecule has 2 atom stereocenters. The van der Waals surface area contributed by atoms with Gasteiger partial charge >= 0.3 is 5.97 Å². The molecule has 1 aliphatic carbocycles. The lowest BCUT2D eigenvalue weighted by atomic mass is 9.90. The summed E-state index contributed by atoms with van der Waals surface area (Å²) in [6, 6.07) is 12.2. The summed E-state index contributed by atoms with van der Waals surface area (Å²) in [5, 5.41) is 22.5. The number of hydrogen-bond donors (Lipinski definition) is 3. The molecule has 1 amide bonds. The van der Waals surface area contributed by atoms with Crippen LogP contribution in [0.15, 0.2) is 42.5 Å². The summed E-state index contributed by atoms with van der Waals surface area (Å²) in [6.45, 7) is 0.873. The van der Waals surface area contributed by atoms with E-state index in [9.17, 15) is 14.7 Å². The average molecular weight is 410 g/mol. The van der Waals surface area contributed by atoms with Gasteiger partial charge in [0.05, 0.1) is 12.1 Å². The molecule has 7 heteroatoms. The molecule has 1 saturated heterocycles. The highest BCUT2D eigenvalue weighted by molar-refractivity contribution is 5.93. The third kappa shape index (κ3) is 4.63. The number of β-amino-alcohol motifs (C(OH)–C–C–N with tert-alkyl or cyclic N) is 1. The van der Waals surface area contributed by atoms with Gasteiger partial charge in [-0.1, -0.05) is 18.2 Å². The largest absolute Gasteiger partial charge is 0.486 e. The maximum absolute atomic E-state index is 12.6. The van der Waals surface area contributed by atoms with Gasteiger partial charge < -0.3 is 20.3 Å². The number of nitrogens with one attached hydrogen (secondary N) is 1. The topological polar surface area (TPSA) is 99.1 Å². The van der Waals surface area contributed by atoms with E-state index in [1.165, 1.54) is 29.7 Å². The Morgan fingerprint density at radius 1 is 1.10 bits per heavy atom. The van der Waals surface area contributed by atoms with Crippen LogP contribution in [0.1, 0.15) is 34.3 Å². The fraction of sp³-hybridized carbons (Fsp3) is 0.391. The molecule has 30 heavy (non-hydrogen) atoms. The quantitative estimate of drug-likeness (QED) is 0.676. The lowest BCUT2D eigenvalue weighted by Crippen LogP contribution is -2.33. The molecular formula is C23H26N2O5. The molecule has 0 radical (unpaired) electrons. The minimum atomic E-state index is -1.03. The summed E-state index contributed by atoms with van der Waals surface area (Å²) in [6.07, 6.45) is 3.09. The van der Waals surface area contributed by atoms with E-state index >= 15 is 0 Å². The minimum Gasteiger partial charge on any atom is -0.486 e. The number of aromatic carboxylic acids is 1. The number of aryl methyl sites for hydroxylation is 1. The van der Waals surface area contributed by atoms with Gasteiger partial charge in [-0.2, -0.15) is 0 Å². The predicted octanol–water partition coefficient (Wildman–Crippen LogP) is 2.33. The summed E-state index contributed by atoms with van der Waals surface area (Å²) in [5.74, 6) is -0.760. The molecule has 3 N–H and O–H groups in total. The van der Waals surface area contributed by atoms with Crippen molar-refractivity contribution in [2.75, 3.05) is 25.0 Å². The number of anilines is 1. The van der Waals surface area contributed by atoms with E-state index in [0.29, 0.717) is 18.8 Å². The highest BCUT2D eigenvalue weighted by Gasteiger charge is 2.34. The lowest BCUT2D eigenvalue weighted by molar-refractivity contribution is -0.117. The first-order valence-corrected chi connectivity index (χ1v) is 10.3. The Hall–Kier alpha value is -2.90. The second-order valence-corrected chi connectivity index (χ2v) is 7.95. The number of carboxylic acids is 1. The Labute approximate surface area is 175 Å². The number of carboxylic acid groups (broad SMARTS) is 1. The van der Waals surface area contributed by atoms with E-state index in [1.54, 1.807) is 12.1 Å². The molecule has 1 heterocycles. The van der Waals surface area contributed by atoms with Gasteiger partial charge in [-0.05, 0) is 61.1 Å². The van der Waals surface area contributed by atoms with E-state index in [1.807, 2.05) is 17.0 Å². The monoisotopic (exact) mass is 410 g/mol. The van der Waals surface area contributed by atoms with E-state index < -0.39 is 18.2 Å². The van der Waals surface area contributed by atoms with Crippen molar-refractivity contribution in [3.63, 3.8) is 0 Å². The molecule has 4 rings (SSSR count). The van der Waals surface area contributed by atoms with Gasteiger partial charge in [0, 0.05) is 18.8 Å². The van der Waals surface area contributed by atoms with E-state index in [2.05, 4.69) is 11.4 Å². The van der Waals surface area contributed by atoms with Gasteiger partial charge in [0.15, 0.2) is 0 Å². The van der Waals surface area contributed by atoms with Crippen LogP contribution in [0.2, 0.25) is 0 Å². The first kappa shape index (κ1) is 20.4. The van der Waals surface area contributed by atoms with Crippen molar-refractivity contribution in [2.24, 2.45) is 0 Å². The fourth-order valence-electron chi connectivity index (χ4n) is 4.25. The number of fused-ring (bicyclic) bond motifs is 1. The van der Waals surface area contributed by atoms with Gasteiger partial charge in [-0.25, -0.2) is 4.79 Å². The highest BCUT2D eigenvalue weighted by Crippen LogP contribution is 2.28. The van der Waals surface area contributed by atoms with Gasteiger partial charge in [0.1, 0.15) is 18.0 Å². The number of rotatable bonds is 6. The SMILES string of the molecule is O=C(CN1C[C@@H](O)[C@H](Oc2cccc(C(=O)O)c2)C1)Nc1cccc2c1CCCC2. The Kier molecular flexibility index (Phi) is 6.01. The number of nitrogens with zero attached hydrogens (tertiary/aromatic N) is 1. The Balaban J connectivity index is 1.34. The molecule has 2 aliphatic rings. The normalized spacial score (nSPS) is 21.1. The number of hydrogen-bond acceptors (Lipinski definition) is 5. The molecule has 0 spiro atoms. The third-order valence-corrected chi connectivity index (χ3v) is 5.72. The van der Waals surface area contributed by atoms with E-state index in [4.69, 9.17) is 9.84 Å².